The van der Waals surface area contributed by atoms with Crippen molar-refractivity contribution < 1.29 is 13.9 Å². The van der Waals surface area contributed by atoms with E-state index in [1.165, 1.54) is 12.1 Å². The van der Waals surface area contributed by atoms with Crippen molar-refractivity contribution in [3.8, 4) is 11.6 Å². The molecule has 1 amide bonds. The van der Waals surface area contributed by atoms with Crippen LogP contribution in [0.2, 0.25) is 5.02 Å². The number of halogens is 2. The van der Waals surface area contributed by atoms with Gasteiger partial charge in [-0.25, -0.2) is 14.4 Å². The molecule has 2 heterocycles. The van der Waals surface area contributed by atoms with E-state index in [1.54, 1.807) is 18.5 Å². The van der Waals surface area contributed by atoms with Crippen LogP contribution < -0.4 is 15.0 Å². The highest BCUT2D eigenvalue weighted by atomic mass is 35.5. The number of carbonyl (C=O) groups excluding carboxylic acids is 1. The minimum Gasteiger partial charge on any atom is -0.436 e. The van der Waals surface area contributed by atoms with E-state index in [2.05, 4.69) is 20.2 Å². The highest BCUT2D eigenvalue weighted by molar-refractivity contribution is 6.30. The molecule has 32 heavy (non-hydrogen) atoms. The van der Waals surface area contributed by atoms with Gasteiger partial charge in [0.1, 0.15) is 11.6 Å². The summed E-state index contributed by atoms with van der Waals surface area (Å²) in [6, 6.07) is 12.2. The number of nitrogens with one attached hydrogen (secondary N) is 1. The minimum atomic E-state index is -0.469. The molecule has 0 atom stereocenters. The zero-order valence-electron chi connectivity index (χ0n) is 17.7. The molecule has 6 nitrogen and oxygen atoms in total. The van der Waals surface area contributed by atoms with Crippen molar-refractivity contribution in [2.75, 3.05) is 18.0 Å². The first kappa shape index (κ1) is 22.0. The topological polar surface area (TPSA) is 67.4 Å². The number of amides is 1. The predicted molar refractivity (Wildman–Crippen MR) is 121 cm³/mol. The van der Waals surface area contributed by atoms with Crippen LogP contribution in [0.25, 0.3) is 0 Å². The molecule has 0 saturated carbocycles. The summed E-state index contributed by atoms with van der Waals surface area (Å²) in [5.41, 5.74) is 1.86. The van der Waals surface area contributed by atoms with E-state index in [9.17, 15) is 9.18 Å². The Balaban J connectivity index is 1.34. The average Bonchev–Trinajstić information content (AvgIpc) is 2.80. The van der Waals surface area contributed by atoms with Crippen molar-refractivity contribution in [1.29, 1.82) is 0 Å². The van der Waals surface area contributed by atoms with Crippen molar-refractivity contribution in [3.63, 3.8) is 0 Å². The van der Waals surface area contributed by atoms with E-state index >= 15 is 0 Å². The van der Waals surface area contributed by atoms with Gasteiger partial charge >= 0.3 is 0 Å². The van der Waals surface area contributed by atoms with Crippen LogP contribution in [0.4, 0.5) is 10.2 Å². The second-order valence-electron chi connectivity index (χ2n) is 7.83. The molecule has 1 aliphatic heterocycles. The number of aromatic nitrogens is 2. The van der Waals surface area contributed by atoms with Gasteiger partial charge in [0.2, 0.25) is 5.91 Å². The third kappa shape index (κ3) is 5.34. The highest BCUT2D eigenvalue weighted by Gasteiger charge is 2.27. The second-order valence-corrected chi connectivity index (χ2v) is 8.24. The Bertz CT molecular complexity index is 1100. The summed E-state index contributed by atoms with van der Waals surface area (Å²) in [5.74, 6) is 1.26. The molecule has 166 valence electrons. The Kier molecular flexibility index (Phi) is 6.85. The van der Waals surface area contributed by atoms with Crippen molar-refractivity contribution in [2.45, 2.75) is 26.3 Å². The number of aryl methyl sites for hydroxylation is 1. The monoisotopic (exact) mass is 454 g/mol. The Labute approximate surface area is 191 Å². The first-order valence-corrected chi connectivity index (χ1v) is 10.9. The van der Waals surface area contributed by atoms with Crippen LogP contribution in [0.15, 0.2) is 54.9 Å². The molecule has 0 spiro atoms. The molecule has 4 rings (SSSR count). The van der Waals surface area contributed by atoms with Crippen LogP contribution in [0, 0.1) is 18.7 Å². The maximum atomic E-state index is 13.3. The number of ether oxygens (including phenoxy) is 1. The smallest absolute Gasteiger partial charge is 0.263 e. The van der Waals surface area contributed by atoms with Crippen LogP contribution in [0.3, 0.4) is 0 Å². The number of hydrogen-bond donors (Lipinski definition) is 1. The molecule has 0 aliphatic carbocycles. The molecule has 1 N–H and O–H groups in total. The molecule has 1 aliphatic rings. The van der Waals surface area contributed by atoms with Crippen LogP contribution >= 0.6 is 11.6 Å². The fourth-order valence-corrected chi connectivity index (χ4v) is 3.94. The number of hydrogen-bond acceptors (Lipinski definition) is 5. The largest absolute Gasteiger partial charge is 0.436 e. The van der Waals surface area contributed by atoms with Gasteiger partial charge in [-0.2, -0.15) is 0 Å². The van der Waals surface area contributed by atoms with Crippen molar-refractivity contribution in [2.24, 2.45) is 5.92 Å². The summed E-state index contributed by atoms with van der Waals surface area (Å²) in [4.78, 5) is 23.6. The second kappa shape index (κ2) is 9.96. The average molecular weight is 455 g/mol. The van der Waals surface area contributed by atoms with Crippen molar-refractivity contribution in [1.82, 2.24) is 15.3 Å². The van der Waals surface area contributed by atoms with E-state index in [1.807, 2.05) is 31.2 Å². The first-order chi connectivity index (χ1) is 15.5. The summed E-state index contributed by atoms with van der Waals surface area (Å²) in [7, 11) is 0. The third-order valence-electron chi connectivity index (χ3n) is 5.47. The van der Waals surface area contributed by atoms with Gasteiger partial charge < -0.3 is 15.0 Å². The lowest BCUT2D eigenvalue weighted by molar-refractivity contribution is -0.125. The van der Waals surface area contributed by atoms with Gasteiger partial charge in [-0.15, -0.1) is 0 Å². The summed E-state index contributed by atoms with van der Waals surface area (Å²) < 4.78 is 19.3. The summed E-state index contributed by atoms with van der Waals surface area (Å²) in [6.07, 6.45) is 4.63. The SMILES string of the molecule is Cc1cccc(Oc2nccnc2N2CCC(C(=O)NCc3ccc(F)c(Cl)c3)CC2)c1. The van der Waals surface area contributed by atoms with Gasteiger partial charge in [0.05, 0.1) is 5.02 Å². The normalized spacial score (nSPS) is 14.3. The van der Waals surface area contributed by atoms with Crippen LogP contribution in [-0.2, 0) is 11.3 Å². The first-order valence-electron chi connectivity index (χ1n) is 10.5. The molecule has 8 heteroatoms. The molecule has 0 unspecified atom stereocenters. The molecule has 1 aromatic heterocycles. The van der Waals surface area contributed by atoms with Gasteiger partial charge in [0.15, 0.2) is 5.82 Å². The fourth-order valence-electron chi connectivity index (χ4n) is 3.73. The number of piperidine rings is 1. The quantitative estimate of drug-likeness (QED) is 0.573. The van der Waals surface area contributed by atoms with E-state index < -0.39 is 5.82 Å². The lowest BCUT2D eigenvalue weighted by Gasteiger charge is -2.32. The Morgan fingerprint density at radius 3 is 2.72 bits per heavy atom. The number of rotatable bonds is 6. The van der Waals surface area contributed by atoms with Crippen LogP contribution in [0.5, 0.6) is 11.6 Å². The molecule has 2 aromatic carbocycles. The number of benzene rings is 2. The van der Waals surface area contributed by atoms with Gasteiger partial charge in [-0.3, -0.25) is 4.79 Å². The molecule has 0 radical (unpaired) electrons. The Morgan fingerprint density at radius 2 is 1.97 bits per heavy atom. The minimum absolute atomic E-state index is 0.0134. The van der Waals surface area contributed by atoms with E-state index in [-0.39, 0.29) is 16.8 Å². The molecule has 1 saturated heterocycles. The molecular weight excluding hydrogens is 431 g/mol. The summed E-state index contributed by atoms with van der Waals surface area (Å²) in [6.45, 7) is 3.66. The number of carbonyl (C=O) groups is 1. The third-order valence-corrected chi connectivity index (χ3v) is 5.76. The maximum absolute atomic E-state index is 13.3. The Hall–Kier alpha value is -3.19. The van der Waals surface area contributed by atoms with Gasteiger partial charge in [0, 0.05) is 37.9 Å². The molecule has 0 bridgehead atoms. The summed E-state index contributed by atoms with van der Waals surface area (Å²) >= 11 is 5.81. The highest BCUT2D eigenvalue weighted by Crippen LogP contribution is 2.31. The van der Waals surface area contributed by atoms with Gasteiger partial charge in [-0.05, 0) is 55.2 Å². The maximum Gasteiger partial charge on any atom is 0.263 e. The molecule has 1 fully saturated rings. The standard InChI is InChI=1S/C24H24ClFN4O2/c1-16-3-2-4-19(13-16)32-24-22(27-9-10-28-24)30-11-7-18(8-12-30)23(31)29-15-17-5-6-21(26)20(25)14-17/h2-6,9-10,13-14,18H,7-8,11-12,15H2,1H3,(H,29,31). The van der Waals surface area contributed by atoms with Crippen molar-refractivity contribution in [3.05, 3.63) is 76.8 Å². The predicted octanol–water partition coefficient (Wildman–Crippen LogP) is 4.90. The van der Waals surface area contributed by atoms with Crippen LogP contribution in [0.1, 0.15) is 24.0 Å². The number of anilines is 1. The summed E-state index contributed by atoms with van der Waals surface area (Å²) in [5, 5.41) is 2.98. The van der Waals surface area contributed by atoms with E-state index in [0.29, 0.717) is 49.9 Å². The lowest BCUT2D eigenvalue weighted by Crippen LogP contribution is -2.40. The van der Waals surface area contributed by atoms with E-state index in [4.69, 9.17) is 16.3 Å². The molecule has 3 aromatic rings. The zero-order chi connectivity index (χ0) is 22.5. The lowest BCUT2D eigenvalue weighted by atomic mass is 9.96. The van der Waals surface area contributed by atoms with Gasteiger partial charge in [-0.1, -0.05) is 29.8 Å². The van der Waals surface area contributed by atoms with Crippen molar-refractivity contribution >= 4 is 23.3 Å². The fraction of sp³-hybridized carbons (Fsp3) is 0.292. The molecular formula is C24H24ClFN4O2. The Morgan fingerprint density at radius 1 is 1.19 bits per heavy atom. The van der Waals surface area contributed by atoms with Gasteiger partial charge in [0.25, 0.3) is 5.88 Å². The van der Waals surface area contributed by atoms with E-state index in [0.717, 1.165) is 11.1 Å². The number of nitrogens with zero attached hydrogens (tertiary/aromatic N) is 3. The zero-order valence-corrected chi connectivity index (χ0v) is 18.5. The van der Waals surface area contributed by atoms with Crippen LogP contribution in [-0.4, -0.2) is 29.0 Å².